The molecule has 0 radical (unpaired) electrons. The van der Waals surface area contributed by atoms with Crippen molar-refractivity contribution in [2.75, 3.05) is 12.4 Å². The molecule has 2 rings (SSSR count). The van der Waals surface area contributed by atoms with Crippen LogP contribution >= 0.6 is 0 Å². The van der Waals surface area contributed by atoms with Gasteiger partial charge in [0.1, 0.15) is 12.4 Å². The number of carbonyl (C=O) groups excluding carboxylic acids is 1. The first kappa shape index (κ1) is 18.2. The molecule has 0 saturated carbocycles. The SMILES string of the molecule is CNc1ccccc1COc1c(C)cc(O)cc1F.NNC=O. The van der Waals surface area contributed by atoms with Crippen LogP contribution in [0.2, 0.25) is 0 Å². The van der Waals surface area contributed by atoms with Crippen molar-refractivity contribution in [1.82, 2.24) is 5.43 Å². The molecular formula is C16H20FN3O3. The van der Waals surface area contributed by atoms with Crippen LogP contribution in [0.4, 0.5) is 10.1 Å². The van der Waals surface area contributed by atoms with Crippen LogP contribution in [-0.2, 0) is 11.4 Å². The van der Waals surface area contributed by atoms with Crippen LogP contribution in [0.5, 0.6) is 11.5 Å². The number of ether oxygens (including phenoxy) is 1. The second-order valence-corrected chi connectivity index (χ2v) is 4.55. The van der Waals surface area contributed by atoms with Gasteiger partial charge in [-0.2, -0.15) is 0 Å². The summed E-state index contributed by atoms with van der Waals surface area (Å²) in [5.74, 6) is 3.92. The van der Waals surface area contributed by atoms with Crippen molar-refractivity contribution in [3.8, 4) is 11.5 Å². The lowest BCUT2D eigenvalue weighted by atomic mass is 10.2. The van der Waals surface area contributed by atoms with E-state index in [-0.39, 0.29) is 18.1 Å². The van der Waals surface area contributed by atoms with Crippen LogP contribution < -0.4 is 21.3 Å². The van der Waals surface area contributed by atoms with Crippen LogP contribution in [0.25, 0.3) is 0 Å². The molecule has 0 atom stereocenters. The maximum absolute atomic E-state index is 13.7. The molecule has 0 saturated heterocycles. The number of hydrogen-bond acceptors (Lipinski definition) is 5. The second kappa shape index (κ2) is 9.26. The Morgan fingerprint density at radius 2 is 2.00 bits per heavy atom. The number of aromatic hydroxyl groups is 1. The summed E-state index contributed by atoms with van der Waals surface area (Å²) < 4.78 is 19.2. The van der Waals surface area contributed by atoms with E-state index >= 15 is 0 Å². The van der Waals surface area contributed by atoms with Gasteiger partial charge in [-0.15, -0.1) is 0 Å². The number of hydrazine groups is 1. The molecule has 0 aromatic heterocycles. The third-order valence-electron chi connectivity index (χ3n) is 2.94. The van der Waals surface area contributed by atoms with Crippen LogP contribution in [0.3, 0.4) is 0 Å². The zero-order valence-corrected chi connectivity index (χ0v) is 13.0. The Hall–Kier alpha value is -2.80. The van der Waals surface area contributed by atoms with E-state index in [1.54, 1.807) is 12.3 Å². The molecule has 124 valence electrons. The van der Waals surface area contributed by atoms with Crippen molar-refractivity contribution in [2.45, 2.75) is 13.5 Å². The van der Waals surface area contributed by atoms with Crippen LogP contribution in [-0.4, -0.2) is 18.6 Å². The Bertz CT molecular complexity index is 627. The molecule has 0 bridgehead atoms. The lowest BCUT2D eigenvalue weighted by Gasteiger charge is -2.13. The molecule has 7 heteroatoms. The first-order valence-corrected chi connectivity index (χ1v) is 6.80. The van der Waals surface area contributed by atoms with Gasteiger partial charge in [-0.05, 0) is 24.6 Å². The molecule has 1 amide bonds. The van der Waals surface area contributed by atoms with E-state index in [0.717, 1.165) is 17.3 Å². The number of benzene rings is 2. The van der Waals surface area contributed by atoms with E-state index in [2.05, 4.69) is 11.2 Å². The summed E-state index contributed by atoms with van der Waals surface area (Å²) in [5, 5.41) is 12.3. The lowest BCUT2D eigenvalue weighted by molar-refractivity contribution is -0.109. The molecule has 0 aliphatic rings. The minimum atomic E-state index is -0.556. The van der Waals surface area contributed by atoms with Gasteiger partial charge in [-0.3, -0.25) is 10.2 Å². The zero-order chi connectivity index (χ0) is 17.2. The van der Waals surface area contributed by atoms with E-state index in [1.807, 2.05) is 31.3 Å². The molecule has 5 N–H and O–H groups in total. The van der Waals surface area contributed by atoms with Crippen LogP contribution in [0, 0.1) is 12.7 Å². The number of phenolic OH excluding ortho intramolecular Hbond substituents is 1. The van der Waals surface area contributed by atoms with Crippen molar-refractivity contribution in [1.29, 1.82) is 0 Å². The van der Waals surface area contributed by atoms with Crippen molar-refractivity contribution >= 4 is 12.1 Å². The average Bonchev–Trinajstić information content (AvgIpc) is 2.54. The number of nitrogens with two attached hydrogens (primary N) is 1. The highest BCUT2D eigenvalue weighted by atomic mass is 19.1. The van der Waals surface area contributed by atoms with E-state index in [4.69, 9.17) is 9.53 Å². The van der Waals surface area contributed by atoms with E-state index in [0.29, 0.717) is 12.0 Å². The molecule has 0 fully saturated rings. The number of hydrogen-bond donors (Lipinski definition) is 4. The second-order valence-electron chi connectivity index (χ2n) is 4.55. The molecule has 0 unspecified atom stereocenters. The van der Waals surface area contributed by atoms with Crippen molar-refractivity contribution in [3.05, 3.63) is 53.3 Å². The standard InChI is InChI=1S/C15H16FNO2.CH4N2O/c1-10-7-12(18)8-13(16)15(10)19-9-11-5-3-4-6-14(11)17-2;2-3-1-4/h3-8,17-18H,9H2,1-2H3;1H,2H2,(H,3,4). The third-order valence-corrected chi connectivity index (χ3v) is 2.94. The fourth-order valence-corrected chi connectivity index (χ4v) is 1.94. The van der Waals surface area contributed by atoms with E-state index in [1.165, 1.54) is 6.07 Å². The Balaban J connectivity index is 0.000000593. The zero-order valence-electron chi connectivity index (χ0n) is 13.0. The Morgan fingerprint density at radius 3 is 2.57 bits per heavy atom. The maximum atomic E-state index is 13.7. The first-order valence-electron chi connectivity index (χ1n) is 6.80. The summed E-state index contributed by atoms with van der Waals surface area (Å²) in [6.45, 7) is 1.96. The monoisotopic (exact) mass is 321 g/mol. The number of aryl methyl sites for hydroxylation is 1. The normalized spacial score (nSPS) is 9.39. The quantitative estimate of drug-likeness (QED) is 0.293. The lowest BCUT2D eigenvalue weighted by Crippen LogP contribution is -2.18. The largest absolute Gasteiger partial charge is 0.508 e. The Labute approximate surface area is 134 Å². The first-order chi connectivity index (χ1) is 11.0. The Morgan fingerprint density at radius 1 is 1.35 bits per heavy atom. The van der Waals surface area contributed by atoms with Gasteiger partial charge >= 0.3 is 0 Å². The molecule has 2 aromatic carbocycles. The number of para-hydroxylation sites is 1. The van der Waals surface area contributed by atoms with Gasteiger partial charge in [0.05, 0.1) is 0 Å². The molecule has 2 aromatic rings. The predicted molar refractivity (Wildman–Crippen MR) is 86.5 cm³/mol. The maximum Gasteiger partial charge on any atom is 0.221 e. The molecule has 0 spiro atoms. The van der Waals surface area contributed by atoms with Crippen LogP contribution in [0.1, 0.15) is 11.1 Å². The smallest absolute Gasteiger partial charge is 0.221 e. The highest BCUT2D eigenvalue weighted by molar-refractivity contribution is 5.50. The number of phenols is 1. The van der Waals surface area contributed by atoms with Gasteiger partial charge < -0.3 is 15.2 Å². The van der Waals surface area contributed by atoms with Gasteiger partial charge in [0, 0.05) is 24.4 Å². The number of nitrogens with one attached hydrogen (secondary N) is 2. The number of amides is 1. The van der Waals surface area contributed by atoms with Crippen molar-refractivity contribution in [2.24, 2.45) is 5.84 Å². The highest BCUT2D eigenvalue weighted by Crippen LogP contribution is 2.28. The summed E-state index contributed by atoms with van der Waals surface area (Å²) >= 11 is 0. The van der Waals surface area contributed by atoms with Gasteiger partial charge in [-0.25, -0.2) is 10.2 Å². The van der Waals surface area contributed by atoms with Gasteiger partial charge in [0.2, 0.25) is 6.41 Å². The highest BCUT2D eigenvalue weighted by Gasteiger charge is 2.10. The van der Waals surface area contributed by atoms with Gasteiger partial charge in [0.25, 0.3) is 0 Å². The summed E-state index contributed by atoms with van der Waals surface area (Å²) in [5.41, 5.74) is 4.20. The molecule has 0 aliphatic carbocycles. The molecule has 0 aliphatic heterocycles. The predicted octanol–water partition coefficient (Wildman–Crippen LogP) is 2.07. The van der Waals surface area contributed by atoms with Crippen LogP contribution in [0.15, 0.2) is 36.4 Å². The summed E-state index contributed by atoms with van der Waals surface area (Å²) in [4.78, 5) is 8.94. The molecule has 23 heavy (non-hydrogen) atoms. The number of halogens is 1. The summed E-state index contributed by atoms with van der Waals surface area (Å²) in [6, 6.07) is 10.2. The molecule has 6 nitrogen and oxygen atoms in total. The van der Waals surface area contributed by atoms with Gasteiger partial charge in [0.15, 0.2) is 11.6 Å². The topological polar surface area (TPSA) is 96.6 Å². The van der Waals surface area contributed by atoms with E-state index in [9.17, 15) is 9.50 Å². The van der Waals surface area contributed by atoms with Gasteiger partial charge in [-0.1, -0.05) is 18.2 Å². The summed E-state index contributed by atoms with van der Waals surface area (Å²) in [7, 11) is 1.82. The van der Waals surface area contributed by atoms with E-state index < -0.39 is 5.82 Å². The summed E-state index contributed by atoms with van der Waals surface area (Å²) in [6.07, 6.45) is 0.403. The fourth-order valence-electron chi connectivity index (χ4n) is 1.94. The van der Waals surface area contributed by atoms with Crippen molar-refractivity contribution in [3.63, 3.8) is 0 Å². The fraction of sp³-hybridized carbons (Fsp3) is 0.188. The minimum Gasteiger partial charge on any atom is -0.508 e. The molecular weight excluding hydrogens is 301 g/mol. The number of anilines is 1. The molecule has 0 heterocycles. The number of carbonyl (C=O) groups is 1. The van der Waals surface area contributed by atoms with Crippen molar-refractivity contribution < 1.29 is 19.0 Å². The average molecular weight is 321 g/mol. The Kier molecular flexibility index (Phi) is 7.35. The number of rotatable bonds is 5. The minimum absolute atomic E-state index is 0.0991. The third kappa shape index (κ3) is 5.48.